The number of nitrogens with one attached hydrogen (secondary N) is 2. The molecule has 0 radical (unpaired) electrons. The van der Waals surface area contributed by atoms with E-state index in [1.165, 1.54) is 35.6 Å². The minimum atomic E-state index is -4.62. The molecule has 3 aromatic heterocycles. The molecular formula is C28H22F3N7O2. The van der Waals surface area contributed by atoms with Gasteiger partial charge in [-0.2, -0.15) is 17.9 Å². The average Bonchev–Trinajstić information content (AvgIpc) is 3.36. The number of pyridine rings is 1. The summed E-state index contributed by atoms with van der Waals surface area (Å²) in [4.78, 5) is 25.8. The maximum Gasteiger partial charge on any atom is 0.416 e. The molecule has 0 aliphatic rings. The minimum absolute atomic E-state index is 0.0224. The van der Waals surface area contributed by atoms with E-state index in [2.05, 4.69) is 25.6 Å². The van der Waals surface area contributed by atoms with E-state index in [-0.39, 0.29) is 22.9 Å². The number of amides is 1. The third-order valence-electron chi connectivity index (χ3n) is 5.99. The number of imidazole rings is 1. The Morgan fingerprint density at radius 3 is 2.60 bits per heavy atom. The molecule has 0 fully saturated rings. The van der Waals surface area contributed by atoms with E-state index in [0.29, 0.717) is 27.4 Å². The topological polar surface area (TPSA) is 112 Å². The highest BCUT2D eigenvalue weighted by atomic mass is 19.4. The van der Waals surface area contributed by atoms with Gasteiger partial charge < -0.3 is 20.4 Å². The number of anilines is 3. The molecule has 0 saturated heterocycles. The van der Waals surface area contributed by atoms with Crippen LogP contribution in [0.5, 0.6) is 0 Å². The average molecular weight is 546 g/mol. The van der Waals surface area contributed by atoms with E-state index in [1.54, 1.807) is 49.5 Å². The highest BCUT2D eigenvalue weighted by Crippen LogP contribution is 2.33. The predicted octanol–water partition coefficient (Wildman–Crippen LogP) is 5.59. The van der Waals surface area contributed by atoms with Crippen molar-refractivity contribution in [3.63, 3.8) is 0 Å². The van der Waals surface area contributed by atoms with E-state index in [9.17, 15) is 23.2 Å². The molecule has 0 aliphatic heterocycles. The van der Waals surface area contributed by atoms with Crippen LogP contribution in [-0.4, -0.2) is 25.4 Å². The van der Waals surface area contributed by atoms with Crippen LogP contribution in [0.1, 0.15) is 27.2 Å². The van der Waals surface area contributed by atoms with E-state index in [0.717, 1.165) is 17.7 Å². The number of carbonyl (C=O) groups is 1. The van der Waals surface area contributed by atoms with Crippen LogP contribution in [0.25, 0.3) is 16.9 Å². The lowest BCUT2D eigenvalue weighted by atomic mass is 10.1. The van der Waals surface area contributed by atoms with Crippen LogP contribution in [0.3, 0.4) is 0 Å². The molecule has 3 heterocycles. The quantitative estimate of drug-likeness (QED) is 0.212. The third-order valence-corrected chi connectivity index (χ3v) is 5.99. The van der Waals surface area contributed by atoms with Gasteiger partial charge in [-0.1, -0.05) is 6.07 Å². The van der Waals surface area contributed by atoms with Crippen LogP contribution in [-0.2, 0) is 6.18 Å². The second kappa shape index (κ2) is 10.5. The maximum absolute atomic E-state index is 13.6. The largest absolute Gasteiger partial charge is 0.619 e. The van der Waals surface area contributed by atoms with Crippen molar-refractivity contribution < 1.29 is 22.7 Å². The molecular weight excluding hydrogens is 523 g/mol. The summed E-state index contributed by atoms with van der Waals surface area (Å²) in [5.41, 5.74) is 2.53. The maximum atomic E-state index is 13.6. The van der Waals surface area contributed by atoms with Crippen LogP contribution >= 0.6 is 0 Å². The zero-order valence-corrected chi connectivity index (χ0v) is 21.3. The second-order valence-electron chi connectivity index (χ2n) is 9.02. The Kier molecular flexibility index (Phi) is 6.91. The fraction of sp³-hybridized carbons (Fsp3) is 0.107. The van der Waals surface area contributed by atoms with Gasteiger partial charge in [-0.05, 0) is 61.9 Å². The van der Waals surface area contributed by atoms with Gasteiger partial charge in [-0.3, -0.25) is 4.79 Å². The Bertz CT molecular complexity index is 1720. The molecule has 9 nitrogen and oxygen atoms in total. The lowest BCUT2D eigenvalue weighted by molar-refractivity contribution is -0.604. The Morgan fingerprint density at radius 2 is 1.88 bits per heavy atom. The fourth-order valence-corrected chi connectivity index (χ4v) is 3.97. The van der Waals surface area contributed by atoms with Crippen LogP contribution < -0.4 is 15.4 Å². The summed E-state index contributed by atoms with van der Waals surface area (Å²) in [6.45, 7) is 3.54. The van der Waals surface area contributed by atoms with Crippen molar-refractivity contribution in [3.8, 4) is 16.9 Å². The fourth-order valence-electron chi connectivity index (χ4n) is 3.97. The Morgan fingerprint density at radius 1 is 1.05 bits per heavy atom. The van der Waals surface area contributed by atoms with Crippen LogP contribution in [0.15, 0.2) is 85.7 Å². The Hall–Kier alpha value is -5.26. The summed E-state index contributed by atoms with van der Waals surface area (Å²) < 4.78 is 43.0. The van der Waals surface area contributed by atoms with Crippen molar-refractivity contribution in [3.05, 3.63) is 113 Å². The zero-order valence-electron chi connectivity index (χ0n) is 21.3. The number of hydrogen-bond acceptors (Lipinski definition) is 6. The highest BCUT2D eigenvalue weighted by Gasteiger charge is 2.31. The number of rotatable bonds is 6. The molecule has 0 atom stereocenters. The summed E-state index contributed by atoms with van der Waals surface area (Å²) in [6.07, 6.45) is 2.66. The van der Waals surface area contributed by atoms with E-state index < -0.39 is 17.6 Å². The van der Waals surface area contributed by atoms with Gasteiger partial charge in [0.2, 0.25) is 5.95 Å². The van der Waals surface area contributed by atoms with Crippen molar-refractivity contribution >= 4 is 23.2 Å². The molecule has 40 heavy (non-hydrogen) atoms. The monoisotopic (exact) mass is 545 g/mol. The van der Waals surface area contributed by atoms with Gasteiger partial charge in [-0.15, -0.1) is 0 Å². The van der Waals surface area contributed by atoms with Crippen molar-refractivity contribution in [2.75, 3.05) is 10.6 Å². The molecule has 12 heteroatoms. The summed E-state index contributed by atoms with van der Waals surface area (Å²) >= 11 is 0. The normalized spacial score (nSPS) is 11.3. The van der Waals surface area contributed by atoms with Crippen LogP contribution in [0.4, 0.5) is 30.5 Å². The SMILES string of the molecule is Cc1cn(-c2cc(NC(=O)c3ccc(C)c(Nc4nccc(-c5ccc[n+]([O-])c5)n4)c3)cc(C(F)(F)F)c2)cn1. The summed E-state index contributed by atoms with van der Waals surface area (Å²) in [5, 5.41) is 17.3. The number of carbonyl (C=O) groups excluding carboxylic acids is 1. The minimum Gasteiger partial charge on any atom is -0.619 e. The molecule has 0 unspecified atom stereocenters. The number of hydrogen-bond donors (Lipinski definition) is 2. The molecule has 1 amide bonds. The molecule has 2 aromatic carbocycles. The molecule has 0 saturated carbocycles. The first-order valence-corrected chi connectivity index (χ1v) is 12.0. The number of aromatic nitrogens is 5. The molecule has 0 bridgehead atoms. The number of alkyl halides is 3. The first kappa shape index (κ1) is 26.4. The molecule has 0 spiro atoms. The van der Waals surface area contributed by atoms with Crippen molar-refractivity contribution in [2.45, 2.75) is 20.0 Å². The van der Waals surface area contributed by atoms with Gasteiger partial charge in [0.1, 0.15) is 0 Å². The lowest BCUT2D eigenvalue weighted by Gasteiger charge is -2.14. The van der Waals surface area contributed by atoms with Crippen LogP contribution in [0.2, 0.25) is 0 Å². The summed E-state index contributed by atoms with van der Waals surface area (Å²) in [6, 6.07) is 13.1. The van der Waals surface area contributed by atoms with Crippen LogP contribution in [0, 0.1) is 19.1 Å². The van der Waals surface area contributed by atoms with Crippen molar-refractivity contribution in [1.29, 1.82) is 0 Å². The number of benzene rings is 2. The van der Waals surface area contributed by atoms with Gasteiger partial charge in [0.25, 0.3) is 5.91 Å². The number of halogens is 3. The molecule has 2 N–H and O–H groups in total. The summed E-state index contributed by atoms with van der Waals surface area (Å²) in [5.74, 6) is -0.369. The van der Waals surface area contributed by atoms with Gasteiger partial charge in [0, 0.05) is 41.1 Å². The first-order chi connectivity index (χ1) is 19.0. The molecule has 5 rings (SSSR count). The molecule has 202 valence electrons. The van der Waals surface area contributed by atoms with E-state index in [1.807, 2.05) is 6.92 Å². The van der Waals surface area contributed by atoms with E-state index in [4.69, 9.17) is 0 Å². The van der Waals surface area contributed by atoms with Crippen molar-refractivity contribution in [2.24, 2.45) is 0 Å². The number of aryl methyl sites for hydroxylation is 2. The molecule has 0 aliphatic carbocycles. The first-order valence-electron chi connectivity index (χ1n) is 12.0. The van der Waals surface area contributed by atoms with E-state index >= 15 is 0 Å². The zero-order chi connectivity index (χ0) is 28.4. The van der Waals surface area contributed by atoms with Gasteiger partial charge in [0.15, 0.2) is 12.4 Å². The molecule has 5 aromatic rings. The Labute approximate surface area is 226 Å². The van der Waals surface area contributed by atoms with Gasteiger partial charge in [0.05, 0.1) is 28.8 Å². The Balaban J connectivity index is 1.41. The van der Waals surface area contributed by atoms with Gasteiger partial charge in [-0.25, -0.2) is 15.0 Å². The summed E-state index contributed by atoms with van der Waals surface area (Å²) in [7, 11) is 0. The smallest absolute Gasteiger partial charge is 0.416 e. The number of nitrogens with zero attached hydrogens (tertiary/aromatic N) is 5. The predicted molar refractivity (Wildman–Crippen MR) is 142 cm³/mol. The lowest BCUT2D eigenvalue weighted by Crippen LogP contribution is -2.24. The second-order valence-corrected chi connectivity index (χ2v) is 9.02. The van der Waals surface area contributed by atoms with Gasteiger partial charge >= 0.3 is 6.18 Å². The third kappa shape index (κ3) is 5.90. The van der Waals surface area contributed by atoms with Crippen molar-refractivity contribution in [1.82, 2.24) is 19.5 Å². The standard InChI is InChI=1S/C28H22F3N7O2/c1-17-5-6-19(10-25(17)36-27-32-8-7-24(35-27)20-4-3-9-38(40)15-20)26(39)34-22-11-21(28(29,30)31)12-23(13-22)37-14-18(2)33-16-37/h3-16H,1-2H3,(H,34,39)(H,32,35,36). The highest BCUT2D eigenvalue weighted by molar-refractivity contribution is 6.05.